The zero-order chi connectivity index (χ0) is 19.1. The van der Waals surface area contributed by atoms with E-state index in [1.54, 1.807) is 0 Å². The van der Waals surface area contributed by atoms with Gasteiger partial charge >= 0.3 is 0 Å². The van der Waals surface area contributed by atoms with E-state index in [2.05, 4.69) is 29.0 Å². The first-order valence-corrected chi connectivity index (χ1v) is 10.4. The fourth-order valence-electron chi connectivity index (χ4n) is 3.87. The Labute approximate surface area is 159 Å². The number of hydrogen-bond acceptors (Lipinski definition) is 4. The van der Waals surface area contributed by atoms with Gasteiger partial charge in [-0.2, -0.15) is 0 Å². The average molecular weight is 367 g/mol. The van der Waals surface area contributed by atoms with Crippen molar-refractivity contribution in [2.75, 3.05) is 46.3 Å². The first kappa shape index (κ1) is 21.2. The third kappa shape index (κ3) is 6.54. The van der Waals surface area contributed by atoms with E-state index < -0.39 is 0 Å². The Morgan fingerprint density at radius 1 is 1.04 bits per heavy atom. The van der Waals surface area contributed by atoms with Gasteiger partial charge in [0.15, 0.2) is 0 Å². The fraction of sp³-hybridized carbons (Fsp3) is 0.900. The molecule has 2 aliphatic rings. The highest BCUT2D eigenvalue weighted by Crippen LogP contribution is 2.26. The first-order chi connectivity index (χ1) is 12.4. The van der Waals surface area contributed by atoms with Crippen molar-refractivity contribution in [2.45, 2.75) is 65.0 Å². The maximum atomic E-state index is 12.6. The molecule has 2 fully saturated rings. The zero-order valence-electron chi connectivity index (χ0n) is 17.2. The van der Waals surface area contributed by atoms with Crippen LogP contribution < -0.4 is 5.32 Å². The monoisotopic (exact) mass is 366 g/mol. The van der Waals surface area contributed by atoms with Crippen LogP contribution >= 0.6 is 0 Å². The number of rotatable bonds is 7. The largest absolute Gasteiger partial charge is 0.353 e. The Morgan fingerprint density at radius 2 is 1.58 bits per heavy atom. The van der Waals surface area contributed by atoms with Gasteiger partial charge in [0.05, 0.1) is 13.1 Å². The summed E-state index contributed by atoms with van der Waals surface area (Å²) in [4.78, 5) is 31.0. The minimum atomic E-state index is 0.107. The lowest BCUT2D eigenvalue weighted by molar-refractivity contribution is -0.134. The van der Waals surface area contributed by atoms with Gasteiger partial charge in [0.2, 0.25) is 11.8 Å². The van der Waals surface area contributed by atoms with Gasteiger partial charge in [0.1, 0.15) is 0 Å². The van der Waals surface area contributed by atoms with Crippen molar-refractivity contribution >= 4 is 11.8 Å². The molecule has 1 aliphatic carbocycles. The van der Waals surface area contributed by atoms with Gasteiger partial charge in [-0.05, 0) is 44.9 Å². The van der Waals surface area contributed by atoms with Crippen molar-refractivity contribution in [3.05, 3.63) is 0 Å². The molecule has 0 spiro atoms. The number of piperazine rings is 1. The fourth-order valence-corrected chi connectivity index (χ4v) is 3.87. The summed E-state index contributed by atoms with van der Waals surface area (Å²) in [6.07, 6.45) is 5.71. The van der Waals surface area contributed by atoms with Gasteiger partial charge in [-0.15, -0.1) is 0 Å². The standard InChI is InChI=1S/C20H38N4O2/c1-5-17(3)21-19(25)14-23-10-12-24(13-11-23)15-20(26)22(4)18-8-6-16(2)7-9-18/h16-18H,5-15H2,1-4H3,(H,21,25). The molecule has 0 aromatic heterocycles. The normalized spacial score (nSPS) is 26.3. The van der Waals surface area contributed by atoms with Crippen molar-refractivity contribution in [3.63, 3.8) is 0 Å². The van der Waals surface area contributed by atoms with Crippen LogP contribution in [0.5, 0.6) is 0 Å². The molecule has 1 saturated heterocycles. The molecule has 2 amide bonds. The van der Waals surface area contributed by atoms with E-state index in [1.165, 1.54) is 12.8 Å². The minimum absolute atomic E-state index is 0.107. The average Bonchev–Trinajstić information content (AvgIpc) is 2.63. The van der Waals surface area contributed by atoms with Crippen LogP contribution in [0.2, 0.25) is 0 Å². The van der Waals surface area contributed by atoms with Crippen molar-refractivity contribution in [1.82, 2.24) is 20.0 Å². The molecule has 0 aromatic carbocycles. The van der Waals surface area contributed by atoms with Crippen LogP contribution in [0.3, 0.4) is 0 Å². The minimum Gasteiger partial charge on any atom is -0.353 e. The third-order valence-electron chi connectivity index (χ3n) is 6.14. The molecule has 1 aliphatic heterocycles. The lowest BCUT2D eigenvalue weighted by Crippen LogP contribution is -2.53. The molecule has 1 heterocycles. The maximum Gasteiger partial charge on any atom is 0.236 e. The number of nitrogens with one attached hydrogen (secondary N) is 1. The second kappa shape index (κ2) is 10.3. The second-order valence-electron chi connectivity index (χ2n) is 8.35. The van der Waals surface area contributed by atoms with E-state index in [-0.39, 0.29) is 17.9 Å². The molecule has 1 unspecified atom stereocenters. The predicted octanol–water partition coefficient (Wildman–Crippen LogP) is 1.56. The van der Waals surface area contributed by atoms with Crippen molar-refractivity contribution < 1.29 is 9.59 Å². The highest BCUT2D eigenvalue weighted by atomic mass is 16.2. The lowest BCUT2D eigenvalue weighted by Gasteiger charge is -2.37. The summed E-state index contributed by atoms with van der Waals surface area (Å²) in [5.41, 5.74) is 0. The highest BCUT2D eigenvalue weighted by Gasteiger charge is 2.27. The van der Waals surface area contributed by atoms with Crippen molar-refractivity contribution in [1.29, 1.82) is 0 Å². The van der Waals surface area contributed by atoms with Gasteiger partial charge in [0.25, 0.3) is 0 Å². The SMILES string of the molecule is CCC(C)NC(=O)CN1CCN(CC(=O)N(C)C2CCC(C)CC2)CC1. The zero-order valence-corrected chi connectivity index (χ0v) is 17.2. The van der Waals surface area contributed by atoms with E-state index >= 15 is 0 Å². The summed E-state index contributed by atoms with van der Waals surface area (Å²) in [5, 5.41) is 3.02. The van der Waals surface area contributed by atoms with Crippen LogP contribution in [0.4, 0.5) is 0 Å². The number of carbonyl (C=O) groups excluding carboxylic acids is 2. The Morgan fingerprint density at radius 3 is 2.12 bits per heavy atom. The Hall–Kier alpha value is -1.14. The van der Waals surface area contributed by atoms with Crippen LogP contribution in [0, 0.1) is 5.92 Å². The molecule has 1 N–H and O–H groups in total. The summed E-state index contributed by atoms with van der Waals surface area (Å²) in [6.45, 7) is 10.8. The summed E-state index contributed by atoms with van der Waals surface area (Å²) >= 11 is 0. The maximum absolute atomic E-state index is 12.6. The number of nitrogens with zero attached hydrogens (tertiary/aromatic N) is 3. The molecule has 0 radical (unpaired) electrons. The van der Waals surface area contributed by atoms with Gasteiger partial charge < -0.3 is 10.2 Å². The highest BCUT2D eigenvalue weighted by molar-refractivity contribution is 5.79. The molecular weight excluding hydrogens is 328 g/mol. The topological polar surface area (TPSA) is 55.9 Å². The predicted molar refractivity (Wildman–Crippen MR) is 105 cm³/mol. The van der Waals surface area contributed by atoms with Crippen molar-refractivity contribution in [2.24, 2.45) is 5.92 Å². The Kier molecular flexibility index (Phi) is 8.35. The lowest BCUT2D eigenvalue weighted by atomic mass is 9.87. The van der Waals surface area contributed by atoms with Gasteiger partial charge in [0, 0.05) is 45.3 Å². The van der Waals surface area contributed by atoms with Crippen LogP contribution in [-0.2, 0) is 9.59 Å². The number of carbonyl (C=O) groups is 2. The third-order valence-corrected chi connectivity index (χ3v) is 6.14. The van der Waals surface area contributed by atoms with E-state index in [1.807, 2.05) is 18.9 Å². The van der Waals surface area contributed by atoms with E-state index in [0.717, 1.165) is 51.4 Å². The second-order valence-corrected chi connectivity index (χ2v) is 8.35. The molecule has 0 aromatic rings. The van der Waals surface area contributed by atoms with Crippen LogP contribution in [0.1, 0.15) is 52.9 Å². The van der Waals surface area contributed by atoms with Gasteiger partial charge in [-0.1, -0.05) is 13.8 Å². The molecular formula is C20H38N4O2. The summed E-state index contributed by atoms with van der Waals surface area (Å²) in [5.74, 6) is 1.16. The van der Waals surface area contributed by atoms with Gasteiger partial charge in [-0.25, -0.2) is 0 Å². The summed E-state index contributed by atoms with van der Waals surface area (Å²) in [7, 11) is 1.97. The Bertz CT molecular complexity index is 455. The number of amides is 2. The molecule has 1 saturated carbocycles. The quantitative estimate of drug-likeness (QED) is 0.743. The molecule has 0 bridgehead atoms. The Balaban J connectivity index is 1.67. The van der Waals surface area contributed by atoms with E-state index in [9.17, 15) is 9.59 Å². The molecule has 1 atom stereocenters. The summed E-state index contributed by atoms with van der Waals surface area (Å²) in [6, 6.07) is 0.656. The molecule has 6 heteroatoms. The number of likely N-dealkylation sites (N-methyl/N-ethyl adjacent to an activating group) is 1. The van der Waals surface area contributed by atoms with Gasteiger partial charge in [-0.3, -0.25) is 19.4 Å². The molecule has 6 nitrogen and oxygen atoms in total. The molecule has 26 heavy (non-hydrogen) atoms. The van der Waals surface area contributed by atoms with Crippen LogP contribution in [-0.4, -0.2) is 84.9 Å². The van der Waals surface area contributed by atoms with E-state index in [4.69, 9.17) is 0 Å². The van der Waals surface area contributed by atoms with E-state index in [0.29, 0.717) is 19.1 Å². The van der Waals surface area contributed by atoms with Crippen LogP contribution in [0.15, 0.2) is 0 Å². The van der Waals surface area contributed by atoms with Crippen molar-refractivity contribution in [3.8, 4) is 0 Å². The molecule has 150 valence electrons. The first-order valence-electron chi connectivity index (χ1n) is 10.4. The number of hydrogen-bond donors (Lipinski definition) is 1. The summed E-state index contributed by atoms with van der Waals surface area (Å²) < 4.78 is 0. The van der Waals surface area contributed by atoms with Crippen LogP contribution in [0.25, 0.3) is 0 Å². The smallest absolute Gasteiger partial charge is 0.236 e. The molecule has 2 rings (SSSR count).